The number of hydrogen-bond donors (Lipinski definition) is 2. The molecular formula is C17H20BrN3. The van der Waals surface area contributed by atoms with E-state index in [1.54, 1.807) is 0 Å². The van der Waals surface area contributed by atoms with Crippen LogP contribution in [0.15, 0.2) is 53.0 Å². The maximum Gasteiger partial charge on any atom is 0.0487 e. The molecule has 1 aliphatic heterocycles. The first-order valence-corrected chi connectivity index (χ1v) is 8.19. The van der Waals surface area contributed by atoms with E-state index >= 15 is 0 Å². The monoisotopic (exact) mass is 345 g/mol. The number of rotatable bonds is 5. The summed E-state index contributed by atoms with van der Waals surface area (Å²) in [6.45, 7) is 3.12. The highest BCUT2D eigenvalue weighted by Crippen LogP contribution is 2.28. The number of halogens is 1. The maximum absolute atomic E-state index is 3.59. The van der Waals surface area contributed by atoms with E-state index in [4.69, 9.17) is 0 Å². The fraction of sp³-hybridized carbons (Fsp3) is 0.294. The van der Waals surface area contributed by atoms with Gasteiger partial charge < -0.3 is 10.3 Å². The largest absolute Gasteiger partial charge is 0.371 e. The molecule has 1 saturated heterocycles. The van der Waals surface area contributed by atoms with Crippen LogP contribution in [0.5, 0.6) is 0 Å². The van der Waals surface area contributed by atoms with E-state index < -0.39 is 0 Å². The van der Waals surface area contributed by atoms with Crippen molar-refractivity contribution in [2.24, 2.45) is 0 Å². The van der Waals surface area contributed by atoms with Crippen LogP contribution in [0.2, 0.25) is 0 Å². The fourth-order valence-corrected chi connectivity index (χ4v) is 3.05. The summed E-state index contributed by atoms with van der Waals surface area (Å²) < 4.78 is 1.14. The van der Waals surface area contributed by atoms with Gasteiger partial charge in [0, 0.05) is 35.5 Å². The average Bonchev–Trinajstić information content (AvgIpc) is 3.04. The first-order chi connectivity index (χ1) is 10.3. The Balaban J connectivity index is 1.67. The van der Waals surface area contributed by atoms with E-state index in [9.17, 15) is 0 Å². The van der Waals surface area contributed by atoms with Crippen LogP contribution in [0, 0.1) is 0 Å². The molecule has 0 amide bonds. The lowest BCUT2D eigenvalue weighted by molar-refractivity contribution is 0.793. The van der Waals surface area contributed by atoms with Gasteiger partial charge in [-0.3, -0.25) is 0 Å². The molecule has 2 aromatic rings. The third kappa shape index (κ3) is 3.77. The number of anilines is 2. The van der Waals surface area contributed by atoms with Gasteiger partial charge in [0.2, 0.25) is 0 Å². The van der Waals surface area contributed by atoms with Crippen molar-refractivity contribution in [1.29, 1.82) is 0 Å². The van der Waals surface area contributed by atoms with Crippen molar-refractivity contribution < 1.29 is 0 Å². The Bertz CT molecular complexity index is 580. The van der Waals surface area contributed by atoms with Gasteiger partial charge in [-0.05, 0) is 42.7 Å². The first-order valence-electron chi connectivity index (χ1n) is 7.40. The van der Waals surface area contributed by atoms with Crippen molar-refractivity contribution in [3.63, 3.8) is 0 Å². The van der Waals surface area contributed by atoms with Crippen LogP contribution < -0.4 is 15.8 Å². The van der Waals surface area contributed by atoms with E-state index in [1.807, 2.05) is 18.2 Å². The Morgan fingerprint density at radius 2 is 1.76 bits per heavy atom. The second-order valence-corrected chi connectivity index (χ2v) is 6.23. The molecule has 2 N–H and O–H groups in total. The second-order valence-electron chi connectivity index (χ2n) is 5.31. The molecule has 0 atom stereocenters. The number of hydrogen-bond acceptors (Lipinski definition) is 3. The summed E-state index contributed by atoms with van der Waals surface area (Å²) in [4.78, 5) is 2.48. The predicted molar refractivity (Wildman–Crippen MR) is 92.5 cm³/mol. The lowest BCUT2D eigenvalue weighted by Gasteiger charge is -2.22. The zero-order valence-corrected chi connectivity index (χ0v) is 13.6. The molecule has 1 fully saturated rings. The third-order valence-corrected chi connectivity index (χ3v) is 4.27. The second kappa shape index (κ2) is 6.96. The highest BCUT2D eigenvalue weighted by Gasteiger charge is 2.15. The van der Waals surface area contributed by atoms with Gasteiger partial charge in [-0.2, -0.15) is 0 Å². The van der Waals surface area contributed by atoms with Crippen molar-refractivity contribution in [3.05, 3.63) is 58.6 Å². The summed E-state index contributed by atoms with van der Waals surface area (Å²) >= 11 is 3.59. The Labute approximate surface area is 134 Å². The molecule has 4 heteroatoms. The molecule has 3 rings (SSSR count). The minimum absolute atomic E-state index is 0.800. The smallest absolute Gasteiger partial charge is 0.0487 e. The Hall–Kier alpha value is -1.52. The molecule has 1 heterocycles. The summed E-state index contributed by atoms with van der Waals surface area (Å²) in [6, 6.07) is 16.7. The van der Waals surface area contributed by atoms with Crippen molar-refractivity contribution in [3.8, 4) is 0 Å². The first kappa shape index (κ1) is 14.4. The van der Waals surface area contributed by atoms with Crippen molar-refractivity contribution in [2.75, 3.05) is 23.4 Å². The van der Waals surface area contributed by atoms with E-state index in [0.717, 1.165) is 29.8 Å². The van der Waals surface area contributed by atoms with Crippen LogP contribution in [0.1, 0.15) is 18.4 Å². The van der Waals surface area contributed by atoms with E-state index in [2.05, 4.69) is 62.0 Å². The SMILES string of the molecule is Brc1ccc(CNNc2ccccc2)c(N2CCCC2)c1. The minimum atomic E-state index is 0.800. The minimum Gasteiger partial charge on any atom is -0.371 e. The van der Waals surface area contributed by atoms with E-state index in [-0.39, 0.29) is 0 Å². The highest BCUT2D eigenvalue weighted by atomic mass is 79.9. The molecule has 110 valence electrons. The van der Waals surface area contributed by atoms with Crippen molar-refractivity contribution in [2.45, 2.75) is 19.4 Å². The van der Waals surface area contributed by atoms with E-state index in [0.29, 0.717) is 0 Å². The van der Waals surface area contributed by atoms with Crippen LogP contribution in [-0.2, 0) is 6.54 Å². The van der Waals surface area contributed by atoms with Gasteiger partial charge in [0.1, 0.15) is 0 Å². The molecule has 0 spiro atoms. The third-order valence-electron chi connectivity index (χ3n) is 3.78. The zero-order valence-electron chi connectivity index (χ0n) is 12.0. The molecule has 2 aromatic carbocycles. The zero-order chi connectivity index (χ0) is 14.5. The molecule has 0 unspecified atom stereocenters. The lowest BCUT2D eigenvalue weighted by atomic mass is 10.1. The summed E-state index contributed by atoms with van der Waals surface area (Å²) in [5.74, 6) is 0. The van der Waals surface area contributed by atoms with Crippen LogP contribution >= 0.6 is 15.9 Å². The Kier molecular flexibility index (Phi) is 4.78. The molecule has 0 saturated carbocycles. The summed E-state index contributed by atoms with van der Waals surface area (Å²) in [5.41, 5.74) is 10.3. The van der Waals surface area contributed by atoms with Crippen LogP contribution in [0.25, 0.3) is 0 Å². The van der Waals surface area contributed by atoms with Gasteiger partial charge in [-0.1, -0.05) is 40.2 Å². The normalized spacial score (nSPS) is 14.4. The molecule has 0 bridgehead atoms. The van der Waals surface area contributed by atoms with Gasteiger partial charge in [0.25, 0.3) is 0 Å². The quantitative estimate of drug-likeness (QED) is 0.796. The molecule has 3 nitrogen and oxygen atoms in total. The van der Waals surface area contributed by atoms with Gasteiger partial charge in [-0.25, -0.2) is 5.43 Å². The van der Waals surface area contributed by atoms with Crippen LogP contribution in [-0.4, -0.2) is 13.1 Å². The van der Waals surface area contributed by atoms with Crippen molar-refractivity contribution >= 4 is 27.3 Å². The highest BCUT2D eigenvalue weighted by molar-refractivity contribution is 9.10. The van der Waals surface area contributed by atoms with Crippen molar-refractivity contribution in [1.82, 2.24) is 5.43 Å². The number of para-hydroxylation sites is 1. The molecule has 0 radical (unpaired) electrons. The molecule has 0 aliphatic carbocycles. The van der Waals surface area contributed by atoms with Gasteiger partial charge >= 0.3 is 0 Å². The average molecular weight is 346 g/mol. The summed E-state index contributed by atoms with van der Waals surface area (Å²) in [7, 11) is 0. The lowest BCUT2D eigenvalue weighted by Crippen LogP contribution is -2.24. The summed E-state index contributed by atoms with van der Waals surface area (Å²) in [5, 5.41) is 0. The Morgan fingerprint density at radius 1 is 1.00 bits per heavy atom. The molecular weight excluding hydrogens is 326 g/mol. The molecule has 21 heavy (non-hydrogen) atoms. The maximum atomic E-state index is 3.59. The van der Waals surface area contributed by atoms with Gasteiger partial charge in [0.05, 0.1) is 0 Å². The molecule has 1 aliphatic rings. The van der Waals surface area contributed by atoms with Crippen LogP contribution in [0.4, 0.5) is 11.4 Å². The topological polar surface area (TPSA) is 27.3 Å². The number of nitrogens with one attached hydrogen (secondary N) is 2. The Morgan fingerprint density at radius 3 is 2.52 bits per heavy atom. The van der Waals surface area contributed by atoms with Gasteiger partial charge in [0.15, 0.2) is 0 Å². The molecule has 0 aromatic heterocycles. The van der Waals surface area contributed by atoms with Gasteiger partial charge in [-0.15, -0.1) is 0 Å². The van der Waals surface area contributed by atoms with E-state index in [1.165, 1.54) is 24.1 Å². The predicted octanol–water partition coefficient (Wildman–Crippen LogP) is 4.17. The number of hydrazine groups is 1. The van der Waals surface area contributed by atoms with Crippen LogP contribution in [0.3, 0.4) is 0 Å². The fourth-order valence-electron chi connectivity index (χ4n) is 2.70. The number of benzene rings is 2. The number of nitrogens with zero attached hydrogens (tertiary/aromatic N) is 1. The standard InChI is InChI=1S/C17H20BrN3/c18-15-9-8-14(17(12-15)21-10-4-5-11-21)13-19-20-16-6-2-1-3-7-16/h1-3,6-9,12,19-20H,4-5,10-11,13H2. The summed E-state index contributed by atoms with van der Waals surface area (Å²) in [6.07, 6.45) is 2.59.